The Morgan fingerprint density at radius 2 is 2.08 bits per heavy atom. The molecule has 2 rings (SSSR count). The minimum atomic E-state index is -4.10. The number of methoxy groups -OCH3 is 1. The first-order valence-electron chi connectivity index (χ1n) is 6.90. The topological polar surface area (TPSA) is 81.7 Å². The van der Waals surface area contributed by atoms with Crippen LogP contribution >= 0.6 is 22.9 Å². The van der Waals surface area contributed by atoms with E-state index < -0.39 is 15.9 Å². The maximum Gasteiger partial charge on any atom is 0.267 e. The van der Waals surface area contributed by atoms with Crippen molar-refractivity contribution in [3.05, 3.63) is 45.6 Å². The Hall–Kier alpha value is -1.61. The van der Waals surface area contributed by atoms with E-state index >= 15 is 0 Å². The fraction of sp³-hybridized carbons (Fsp3) is 0.267. The van der Waals surface area contributed by atoms with Crippen LogP contribution in [0, 0.1) is 0 Å². The van der Waals surface area contributed by atoms with Gasteiger partial charge in [0.25, 0.3) is 10.0 Å². The lowest BCUT2D eigenvalue weighted by Crippen LogP contribution is -2.32. The molecule has 0 radical (unpaired) electrons. The molecule has 0 bridgehead atoms. The molecule has 1 aromatic heterocycles. The molecule has 0 atom stereocenters. The number of rotatable bonds is 8. The molecule has 1 aromatic carbocycles. The molecule has 0 spiro atoms. The van der Waals surface area contributed by atoms with Gasteiger partial charge in [-0.3, -0.25) is 4.79 Å². The molecule has 24 heavy (non-hydrogen) atoms. The SMILES string of the molecule is COCCOc1ccc(Cl)cc1S(=O)(=O)NC(=O)Cc1ccsc1. The monoisotopic (exact) mass is 389 g/mol. The summed E-state index contributed by atoms with van der Waals surface area (Å²) in [6.45, 7) is 0.468. The van der Waals surface area contributed by atoms with E-state index in [0.717, 1.165) is 5.56 Å². The first-order valence-corrected chi connectivity index (χ1v) is 9.71. The Morgan fingerprint density at radius 3 is 2.75 bits per heavy atom. The lowest BCUT2D eigenvalue weighted by Gasteiger charge is -2.13. The van der Waals surface area contributed by atoms with Crippen LogP contribution in [0.3, 0.4) is 0 Å². The molecule has 0 aliphatic heterocycles. The number of carbonyl (C=O) groups is 1. The largest absolute Gasteiger partial charge is 0.490 e. The van der Waals surface area contributed by atoms with Crippen LogP contribution in [0.2, 0.25) is 5.02 Å². The standard InChI is InChI=1S/C15H16ClNO5S2/c1-21-5-6-22-13-3-2-12(16)9-14(13)24(19,20)17-15(18)8-11-4-7-23-10-11/h2-4,7,9-10H,5-6,8H2,1H3,(H,17,18). The molecule has 1 heterocycles. The van der Waals surface area contributed by atoms with Gasteiger partial charge in [0.2, 0.25) is 5.91 Å². The van der Waals surface area contributed by atoms with Gasteiger partial charge in [-0.1, -0.05) is 11.6 Å². The second-order valence-electron chi connectivity index (χ2n) is 4.77. The van der Waals surface area contributed by atoms with Crippen molar-refractivity contribution < 1.29 is 22.7 Å². The number of benzene rings is 1. The maximum atomic E-state index is 12.5. The number of sulfonamides is 1. The summed E-state index contributed by atoms with van der Waals surface area (Å²) in [7, 11) is -2.59. The number of nitrogens with one attached hydrogen (secondary N) is 1. The van der Waals surface area contributed by atoms with Crippen molar-refractivity contribution in [2.45, 2.75) is 11.3 Å². The Bertz CT molecular complexity index is 790. The van der Waals surface area contributed by atoms with E-state index in [1.807, 2.05) is 10.1 Å². The molecule has 9 heteroatoms. The van der Waals surface area contributed by atoms with Crippen LogP contribution in [0.5, 0.6) is 5.75 Å². The summed E-state index contributed by atoms with van der Waals surface area (Å²) in [6.07, 6.45) is -0.0246. The highest BCUT2D eigenvalue weighted by atomic mass is 35.5. The Morgan fingerprint density at radius 1 is 1.29 bits per heavy atom. The second kappa shape index (κ2) is 8.48. The average molecular weight is 390 g/mol. The van der Waals surface area contributed by atoms with Gasteiger partial charge in [-0.25, -0.2) is 13.1 Å². The van der Waals surface area contributed by atoms with Gasteiger partial charge < -0.3 is 9.47 Å². The number of hydrogen-bond acceptors (Lipinski definition) is 6. The van der Waals surface area contributed by atoms with Crippen LogP contribution in [-0.4, -0.2) is 34.6 Å². The third-order valence-corrected chi connectivity index (χ3v) is 5.29. The fourth-order valence-corrected chi connectivity index (χ4v) is 3.93. The number of amides is 1. The normalized spacial score (nSPS) is 11.2. The number of halogens is 1. The first-order chi connectivity index (χ1) is 11.4. The highest BCUT2D eigenvalue weighted by Gasteiger charge is 2.23. The van der Waals surface area contributed by atoms with Gasteiger partial charge in [0, 0.05) is 12.1 Å². The van der Waals surface area contributed by atoms with Gasteiger partial charge in [-0.2, -0.15) is 11.3 Å². The molecule has 1 N–H and O–H groups in total. The Labute approximate surface area is 149 Å². The molecule has 0 unspecified atom stereocenters. The van der Waals surface area contributed by atoms with Crippen molar-refractivity contribution in [1.82, 2.24) is 4.72 Å². The van der Waals surface area contributed by atoms with Gasteiger partial charge in [0.15, 0.2) is 0 Å². The van der Waals surface area contributed by atoms with E-state index in [2.05, 4.69) is 0 Å². The molecule has 2 aromatic rings. The molecule has 0 aliphatic rings. The number of ether oxygens (including phenoxy) is 2. The number of hydrogen-bond donors (Lipinski definition) is 1. The van der Waals surface area contributed by atoms with E-state index in [0.29, 0.717) is 6.61 Å². The number of thiophene rings is 1. The van der Waals surface area contributed by atoms with E-state index in [9.17, 15) is 13.2 Å². The zero-order valence-electron chi connectivity index (χ0n) is 12.8. The molecular formula is C15H16ClNO5S2. The molecule has 0 fully saturated rings. The molecule has 130 valence electrons. The van der Waals surface area contributed by atoms with Gasteiger partial charge >= 0.3 is 0 Å². The summed E-state index contributed by atoms with van der Waals surface area (Å²) in [5.74, 6) is -0.525. The zero-order chi connectivity index (χ0) is 17.6. The lowest BCUT2D eigenvalue weighted by molar-refractivity contribution is -0.118. The van der Waals surface area contributed by atoms with Gasteiger partial charge in [0.1, 0.15) is 17.3 Å². The van der Waals surface area contributed by atoms with Crippen LogP contribution < -0.4 is 9.46 Å². The predicted molar refractivity (Wildman–Crippen MR) is 92.2 cm³/mol. The van der Waals surface area contributed by atoms with E-state index in [1.54, 1.807) is 11.4 Å². The molecule has 0 saturated heterocycles. The quantitative estimate of drug-likeness (QED) is 0.701. The third-order valence-electron chi connectivity index (χ3n) is 2.93. The summed E-state index contributed by atoms with van der Waals surface area (Å²) in [4.78, 5) is 11.8. The molecule has 0 aliphatic carbocycles. The molecular weight excluding hydrogens is 374 g/mol. The minimum absolute atomic E-state index is 0.0246. The Balaban J connectivity index is 2.17. The zero-order valence-corrected chi connectivity index (χ0v) is 15.2. The highest BCUT2D eigenvalue weighted by molar-refractivity contribution is 7.90. The summed E-state index contributed by atoms with van der Waals surface area (Å²) < 4.78 is 37.3. The van der Waals surface area contributed by atoms with E-state index in [4.69, 9.17) is 21.1 Å². The van der Waals surface area contributed by atoms with Crippen LogP contribution in [0.25, 0.3) is 0 Å². The van der Waals surface area contributed by atoms with Crippen molar-refractivity contribution in [3.63, 3.8) is 0 Å². The smallest absolute Gasteiger partial charge is 0.267 e. The summed E-state index contributed by atoms with van der Waals surface area (Å²) in [6, 6.07) is 5.95. The van der Waals surface area contributed by atoms with Crippen LogP contribution in [0.4, 0.5) is 0 Å². The average Bonchev–Trinajstić information content (AvgIpc) is 3.01. The number of carbonyl (C=O) groups excluding carboxylic acids is 1. The highest BCUT2D eigenvalue weighted by Crippen LogP contribution is 2.27. The van der Waals surface area contributed by atoms with Crippen molar-refractivity contribution in [3.8, 4) is 5.75 Å². The van der Waals surface area contributed by atoms with Crippen molar-refractivity contribution in [2.75, 3.05) is 20.3 Å². The fourth-order valence-electron chi connectivity index (χ4n) is 1.87. The van der Waals surface area contributed by atoms with Crippen LogP contribution in [-0.2, 0) is 26.0 Å². The van der Waals surface area contributed by atoms with E-state index in [1.165, 1.54) is 36.6 Å². The van der Waals surface area contributed by atoms with Gasteiger partial charge in [0.05, 0.1) is 13.0 Å². The summed E-state index contributed by atoms with van der Waals surface area (Å²) in [5, 5.41) is 3.82. The van der Waals surface area contributed by atoms with Crippen LogP contribution in [0.1, 0.15) is 5.56 Å². The molecule has 0 saturated carbocycles. The first kappa shape index (κ1) is 18.7. The molecule has 1 amide bonds. The van der Waals surface area contributed by atoms with Crippen molar-refractivity contribution in [2.24, 2.45) is 0 Å². The minimum Gasteiger partial charge on any atom is -0.490 e. The Kier molecular flexibility index (Phi) is 6.61. The summed E-state index contributed by atoms with van der Waals surface area (Å²) >= 11 is 7.31. The second-order valence-corrected chi connectivity index (χ2v) is 7.64. The summed E-state index contributed by atoms with van der Waals surface area (Å²) in [5.41, 5.74) is 0.746. The van der Waals surface area contributed by atoms with Gasteiger partial charge in [-0.05, 0) is 40.6 Å². The van der Waals surface area contributed by atoms with E-state index in [-0.39, 0.29) is 28.7 Å². The maximum absolute atomic E-state index is 12.5. The third kappa shape index (κ3) is 5.20. The molecule has 6 nitrogen and oxygen atoms in total. The van der Waals surface area contributed by atoms with Crippen molar-refractivity contribution in [1.29, 1.82) is 0 Å². The van der Waals surface area contributed by atoms with Crippen LogP contribution in [0.15, 0.2) is 39.9 Å². The predicted octanol–water partition coefficient (Wildman–Crippen LogP) is 2.47. The van der Waals surface area contributed by atoms with Gasteiger partial charge in [-0.15, -0.1) is 0 Å². The van der Waals surface area contributed by atoms with Crippen molar-refractivity contribution >= 4 is 38.9 Å². The lowest BCUT2D eigenvalue weighted by atomic mass is 10.2.